The van der Waals surface area contributed by atoms with E-state index in [-0.39, 0.29) is 0 Å². The van der Waals surface area contributed by atoms with Crippen LogP contribution in [0.25, 0.3) is 23.0 Å². The third kappa shape index (κ3) is 2.71. The fourth-order valence-electron chi connectivity index (χ4n) is 1.92. The van der Waals surface area contributed by atoms with Crippen molar-refractivity contribution < 1.29 is 18.4 Å². The lowest BCUT2D eigenvalue weighted by Crippen LogP contribution is -1.96. The maximum Gasteiger partial charge on any atom is 0.293 e. The molecule has 2 heterocycles. The maximum absolute atomic E-state index is 5.51. The molecule has 0 aliphatic heterocycles. The van der Waals surface area contributed by atoms with Gasteiger partial charge in [0.15, 0.2) is 17.3 Å². The minimum Gasteiger partial charge on any atom is -0.493 e. The highest BCUT2D eigenvalue weighted by Crippen LogP contribution is 2.32. The van der Waals surface area contributed by atoms with E-state index in [1.807, 2.05) is 6.07 Å². The fraction of sp³-hybridized carbons (Fsp3) is 0.125. The molecule has 0 amide bonds. The van der Waals surface area contributed by atoms with Crippen LogP contribution in [-0.4, -0.2) is 23.9 Å². The number of hydrogen-bond donors (Lipinski definition) is 0. The van der Waals surface area contributed by atoms with Gasteiger partial charge in [-0.15, -0.1) is 0 Å². The highest BCUT2D eigenvalue weighted by molar-refractivity contribution is 5.62. The Bertz CT molecular complexity index is 762. The summed E-state index contributed by atoms with van der Waals surface area (Å²) in [5.41, 5.74) is 0.754. The molecular formula is C16H14N2O4. The number of ether oxygens (including phenoxy) is 2. The maximum atomic E-state index is 5.51. The van der Waals surface area contributed by atoms with Gasteiger partial charge in [0, 0.05) is 5.56 Å². The molecule has 0 bridgehead atoms. The molecule has 0 aliphatic rings. The van der Waals surface area contributed by atoms with E-state index in [0.717, 1.165) is 5.56 Å². The highest BCUT2D eigenvalue weighted by Gasteiger charge is 2.14. The minimum absolute atomic E-state index is 0.325. The Balaban J connectivity index is 1.90. The van der Waals surface area contributed by atoms with Gasteiger partial charge in [-0.05, 0) is 30.3 Å². The summed E-state index contributed by atoms with van der Waals surface area (Å²) in [4.78, 5) is 4.31. The molecule has 0 radical (unpaired) electrons. The van der Waals surface area contributed by atoms with Gasteiger partial charge < -0.3 is 18.4 Å². The Labute approximate surface area is 127 Å². The van der Waals surface area contributed by atoms with Crippen molar-refractivity contribution in [1.29, 1.82) is 0 Å². The van der Waals surface area contributed by atoms with Crippen molar-refractivity contribution in [2.24, 2.45) is 0 Å². The van der Waals surface area contributed by atoms with Crippen molar-refractivity contribution >= 4 is 0 Å². The van der Waals surface area contributed by atoms with E-state index < -0.39 is 0 Å². The molecule has 0 fully saturated rings. The first kappa shape index (κ1) is 13.9. The third-order valence-corrected chi connectivity index (χ3v) is 2.94. The Morgan fingerprint density at radius 1 is 1.27 bits per heavy atom. The minimum atomic E-state index is 0.325. The summed E-state index contributed by atoms with van der Waals surface area (Å²) in [5, 5.41) is 3.95. The quantitative estimate of drug-likeness (QED) is 0.648. The zero-order valence-electron chi connectivity index (χ0n) is 12.0. The summed E-state index contributed by atoms with van der Waals surface area (Å²) in [7, 11) is 1.57. The molecule has 0 saturated carbocycles. The standard InChI is InChI=1S/C16H14N2O4/c1-3-8-20-12-7-6-11(10-14(12)19-2)15-17-16(22-18-15)13-5-4-9-21-13/h3-7,9-10H,1,8H2,2H3. The lowest BCUT2D eigenvalue weighted by molar-refractivity contribution is 0.326. The predicted molar refractivity (Wildman–Crippen MR) is 79.7 cm³/mol. The molecule has 2 aromatic heterocycles. The van der Waals surface area contributed by atoms with Gasteiger partial charge >= 0.3 is 0 Å². The normalized spacial score (nSPS) is 10.4. The monoisotopic (exact) mass is 298 g/mol. The second kappa shape index (κ2) is 6.17. The fourth-order valence-corrected chi connectivity index (χ4v) is 1.92. The molecule has 3 aromatic rings. The Hall–Kier alpha value is -3.02. The van der Waals surface area contributed by atoms with E-state index in [1.165, 1.54) is 0 Å². The van der Waals surface area contributed by atoms with E-state index >= 15 is 0 Å². The van der Waals surface area contributed by atoms with Gasteiger partial charge in [0.05, 0.1) is 13.4 Å². The van der Waals surface area contributed by atoms with Crippen LogP contribution in [0.3, 0.4) is 0 Å². The molecular weight excluding hydrogens is 284 g/mol. The van der Waals surface area contributed by atoms with Crippen molar-refractivity contribution in [3.63, 3.8) is 0 Å². The molecule has 0 atom stereocenters. The molecule has 112 valence electrons. The van der Waals surface area contributed by atoms with Crippen LogP contribution in [0.2, 0.25) is 0 Å². The summed E-state index contributed by atoms with van der Waals surface area (Å²) < 4.78 is 21.2. The zero-order chi connectivity index (χ0) is 15.4. The molecule has 0 N–H and O–H groups in total. The first-order chi connectivity index (χ1) is 10.8. The number of methoxy groups -OCH3 is 1. The Morgan fingerprint density at radius 3 is 2.91 bits per heavy atom. The summed E-state index contributed by atoms with van der Waals surface area (Å²) in [6, 6.07) is 8.92. The van der Waals surface area contributed by atoms with E-state index in [2.05, 4.69) is 16.7 Å². The molecule has 1 aromatic carbocycles. The molecule has 3 rings (SSSR count). The van der Waals surface area contributed by atoms with Crippen molar-refractivity contribution in [1.82, 2.24) is 10.1 Å². The molecule has 0 spiro atoms. The van der Waals surface area contributed by atoms with Crippen molar-refractivity contribution in [3.8, 4) is 34.5 Å². The average Bonchev–Trinajstić information content (AvgIpc) is 3.23. The summed E-state index contributed by atoms with van der Waals surface area (Å²) in [6.45, 7) is 4.02. The number of rotatable bonds is 6. The largest absolute Gasteiger partial charge is 0.493 e. The first-order valence-corrected chi connectivity index (χ1v) is 6.61. The molecule has 6 nitrogen and oxygen atoms in total. The van der Waals surface area contributed by atoms with Crippen LogP contribution >= 0.6 is 0 Å². The molecule has 0 unspecified atom stereocenters. The Kier molecular flexibility index (Phi) is 3.91. The lowest BCUT2D eigenvalue weighted by atomic mass is 10.2. The number of benzene rings is 1. The van der Waals surface area contributed by atoms with Gasteiger partial charge in [-0.1, -0.05) is 17.8 Å². The van der Waals surface area contributed by atoms with Gasteiger partial charge in [0.25, 0.3) is 5.89 Å². The van der Waals surface area contributed by atoms with E-state index in [0.29, 0.717) is 35.6 Å². The summed E-state index contributed by atoms with van der Waals surface area (Å²) >= 11 is 0. The van der Waals surface area contributed by atoms with Crippen LogP contribution in [0.15, 0.2) is 58.2 Å². The molecule has 22 heavy (non-hydrogen) atoms. The van der Waals surface area contributed by atoms with Crippen LogP contribution in [0.4, 0.5) is 0 Å². The number of aromatic nitrogens is 2. The van der Waals surface area contributed by atoms with Crippen molar-refractivity contribution in [3.05, 3.63) is 49.2 Å². The van der Waals surface area contributed by atoms with Crippen LogP contribution in [-0.2, 0) is 0 Å². The van der Waals surface area contributed by atoms with E-state index in [1.54, 1.807) is 43.7 Å². The molecule has 0 aliphatic carbocycles. The highest BCUT2D eigenvalue weighted by atomic mass is 16.5. The van der Waals surface area contributed by atoms with Crippen LogP contribution < -0.4 is 9.47 Å². The summed E-state index contributed by atoms with van der Waals surface area (Å²) in [6.07, 6.45) is 3.22. The second-order valence-corrected chi connectivity index (χ2v) is 4.37. The van der Waals surface area contributed by atoms with Gasteiger partial charge in [-0.3, -0.25) is 0 Å². The van der Waals surface area contributed by atoms with Gasteiger partial charge in [0.2, 0.25) is 5.82 Å². The number of nitrogens with zero attached hydrogens (tertiary/aromatic N) is 2. The molecule has 6 heteroatoms. The molecule has 0 saturated heterocycles. The van der Waals surface area contributed by atoms with Gasteiger partial charge in [-0.2, -0.15) is 4.98 Å². The van der Waals surface area contributed by atoms with Crippen molar-refractivity contribution in [2.45, 2.75) is 0 Å². The first-order valence-electron chi connectivity index (χ1n) is 6.61. The Morgan fingerprint density at radius 2 is 2.18 bits per heavy atom. The third-order valence-electron chi connectivity index (χ3n) is 2.94. The number of furan rings is 1. The van der Waals surface area contributed by atoms with Crippen molar-refractivity contribution in [2.75, 3.05) is 13.7 Å². The zero-order valence-corrected chi connectivity index (χ0v) is 12.0. The predicted octanol–water partition coefficient (Wildman–Crippen LogP) is 3.57. The summed E-state index contributed by atoms with van der Waals surface area (Å²) in [5.74, 6) is 2.51. The van der Waals surface area contributed by atoms with E-state index in [9.17, 15) is 0 Å². The second-order valence-electron chi connectivity index (χ2n) is 4.37. The van der Waals surface area contributed by atoms with Gasteiger partial charge in [0.1, 0.15) is 6.61 Å². The SMILES string of the molecule is C=CCOc1ccc(-c2noc(-c3ccco3)n2)cc1OC. The lowest BCUT2D eigenvalue weighted by Gasteiger charge is -2.09. The van der Waals surface area contributed by atoms with Gasteiger partial charge in [-0.25, -0.2) is 0 Å². The number of hydrogen-bond acceptors (Lipinski definition) is 6. The topological polar surface area (TPSA) is 70.5 Å². The van der Waals surface area contributed by atoms with Crippen LogP contribution in [0, 0.1) is 0 Å². The average molecular weight is 298 g/mol. The van der Waals surface area contributed by atoms with Crippen LogP contribution in [0.1, 0.15) is 0 Å². The van der Waals surface area contributed by atoms with Crippen LogP contribution in [0.5, 0.6) is 11.5 Å². The smallest absolute Gasteiger partial charge is 0.293 e. The van der Waals surface area contributed by atoms with E-state index in [4.69, 9.17) is 18.4 Å².